The van der Waals surface area contributed by atoms with Gasteiger partial charge in [-0.25, -0.2) is 4.79 Å². The molecular weight excluding hydrogens is 608 g/mol. The zero-order valence-electron chi connectivity index (χ0n) is 24.8. The van der Waals surface area contributed by atoms with E-state index in [0.29, 0.717) is 33.0 Å². The van der Waals surface area contributed by atoms with E-state index in [1.54, 1.807) is 0 Å². The molecule has 252 valence electrons. The van der Waals surface area contributed by atoms with Crippen molar-refractivity contribution in [2.45, 2.75) is 25.3 Å². The van der Waals surface area contributed by atoms with Crippen molar-refractivity contribution in [2.75, 3.05) is 91.8 Å². The average molecular weight is 653 g/mol. The Kier molecular flexibility index (Phi) is 25.1. The lowest BCUT2D eigenvalue weighted by atomic mass is 10.1. The number of thioether (sulfide) groups is 1. The second-order valence-electron chi connectivity index (χ2n) is 8.64. The molecule has 0 unspecified atom stereocenters. The molecule has 0 heterocycles. The highest BCUT2D eigenvalue weighted by atomic mass is 32.2. The number of carboxylic acid groups (broad SMARTS) is 1. The fourth-order valence-electron chi connectivity index (χ4n) is 2.83. The first-order chi connectivity index (χ1) is 21.1. The smallest absolute Gasteiger partial charge is 0.326 e. The Morgan fingerprint density at radius 3 is 1.80 bits per heavy atom. The molecule has 0 aromatic carbocycles. The molecule has 1 atom stereocenters. The van der Waals surface area contributed by atoms with Gasteiger partial charge in [0, 0.05) is 26.4 Å². The van der Waals surface area contributed by atoms with E-state index in [-0.39, 0.29) is 75.5 Å². The number of nitrogens with two attached hydrogens (primary N) is 1. The number of hydrogen-bond donors (Lipinski definition) is 7. The Morgan fingerprint density at radius 2 is 1.23 bits per heavy atom. The van der Waals surface area contributed by atoms with Gasteiger partial charge in [-0.15, -0.1) is 0 Å². The van der Waals surface area contributed by atoms with E-state index in [4.69, 9.17) is 24.7 Å². The van der Waals surface area contributed by atoms with Crippen molar-refractivity contribution in [3.8, 4) is 0 Å². The highest BCUT2D eigenvalue weighted by Gasteiger charge is 2.21. The van der Waals surface area contributed by atoms with Crippen LogP contribution in [0.5, 0.6) is 0 Å². The van der Waals surface area contributed by atoms with Gasteiger partial charge in [0.2, 0.25) is 29.5 Å². The van der Waals surface area contributed by atoms with Gasteiger partial charge < -0.3 is 56.4 Å². The van der Waals surface area contributed by atoms with Crippen molar-refractivity contribution >= 4 is 52.4 Å². The lowest BCUT2D eigenvalue weighted by Crippen LogP contribution is -2.47. The first-order valence-electron chi connectivity index (χ1n) is 13.8. The number of hydrogen-bond acceptors (Lipinski definition) is 13. The Hall–Kier alpha value is -3.36. The second kappa shape index (κ2) is 27.2. The maximum Gasteiger partial charge on any atom is 0.326 e. The molecule has 5 amide bonds. The van der Waals surface area contributed by atoms with Crippen molar-refractivity contribution in [3.63, 3.8) is 0 Å². The van der Waals surface area contributed by atoms with Crippen LogP contribution in [0.15, 0.2) is 0 Å². The van der Waals surface area contributed by atoms with Crippen LogP contribution in [0, 0.1) is 0 Å². The predicted molar refractivity (Wildman–Crippen MR) is 156 cm³/mol. The summed E-state index contributed by atoms with van der Waals surface area (Å²) < 4.78 is 21.4. The zero-order chi connectivity index (χ0) is 33.0. The molecule has 19 heteroatoms. The second-order valence-corrected chi connectivity index (χ2v) is 9.67. The van der Waals surface area contributed by atoms with Crippen molar-refractivity contribution in [2.24, 2.45) is 5.73 Å². The molecular formula is C25H44N6O12S. The first-order valence-corrected chi connectivity index (χ1v) is 14.8. The fraction of sp³-hybridized carbons (Fsp3) is 0.720. The van der Waals surface area contributed by atoms with Gasteiger partial charge in [0.25, 0.3) is 0 Å². The molecule has 0 aliphatic carbocycles. The molecule has 0 aliphatic heterocycles. The van der Waals surface area contributed by atoms with Crippen molar-refractivity contribution in [1.29, 1.82) is 0 Å². The third-order valence-corrected chi connectivity index (χ3v) is 6.08. The van der Waals surface area contributed by atoms with Crippen LogP contribution in [-0.2, 0) is 52.5 Å². The van der Waals surface area contributed by atoms with Gasteiger partial charge in [-0.1, -0.05) is 11.8 Å². The summed E-state index contributed by atoms with van der Waals surface area (Å²) >= 11 is 0.949. The number of amides is 5. The largest absolute Gasteiger partial charge is 0.480 e. The van der Waals surface area contributed by atoms with Crippen molar-refractivity contribution in [3.05, 3.63) is 0 Å². The number of aliphatic carboxylic acids is 1. The zero-order valence-corrected chi connectivity index (χ0v) is 25.6. The molecule has 0 rings (SSSR count). The maximum absolute atomic E-state index is 12.0. The van der Waals surface area contributed by atoms with E-state index < -0.39 is 42.2 Å². The van der Waals surface area contributed by atoms with Gasteiger partial charge in [-0.2, -0.15) is 0 Å². The maximum atomic E-state index is 12.0. The SMILES string of the molecule is CNC(=O)CSC(=O)CCOCCOCCOCCOCCNC(=O)CC[C@H](NC(=O)CNC(=O)CNC(=O)CN)C(=O)O. The summed E-state index contributed by atoms with van der Waals surface area (Å²) in [5, 5.41) is 20.8. The Balaban J connectivity index is 3.71. The van der Waals surface area contributed by atoms with Gasteiger partial charge in [0.1, 0.15) is 6.04 Å². The number of nitrogens with one attached hydrogen (secondary N) is 5. The minimum atomic E-state index is -1.34. The van der Waals surface area contributed by atoms with Crippen molar-refractivity contribution in [1.82, 2.24) is 26.6 Å². The van der Waals surface area contributed by atoms with Crippen LogP contribution in [-0.4, -0.2) is 144 Å². The molecule has 8 N–H and O–H groups in total. The summed E-state index contributed by atoms with van der Waals surface area (Å²) in [6.07, 6.45) is -0.126. The van der Waals surface area contributed by atoms with Gasteiger partial charge in [0.05, 0.1) is 78.2 Å². The number of carboxylic acids is 1. The van der Waals surface area contributed by atoms with E-state index in [2.05, 4.69) is 26.6 Å². The van der Waals surface area contributed by atoms with Crippen LogP contribution in [0.2, 0.25) is 0 Å². The van der Waals surface area contributed by atoms with Crippen LogP contribution in [0.1, 0.15) is 19.3 Å². The van der Waals surface area contributed by atoms with E-state index in [1.165, 1.54) is 7.05 Å². The molecule has 18 nitrogen and oxygen atoms in total. The molecule has 0 aromatic heterocycles. The third kappa shape index (κ3) is 25.2. The topological polar surface area (TPSA) is 263 Å². The molecule has 0 saturated heterocycles. The number of rotatable bonds is 27. The summed E-state index contributed by atoms with van der Waals surface area (Å²) in [7, 11) is 1.51. The Morgan fingerprint density at radius 1 is 0.682 bits per heavy atom. The van der Waals surface area contributed by atoms with Crippen LogP contribution in [0.3, 0.4) is 0 Å². The molecule has 0 aromatic rings. The number of carbonyl (C=O) groups is 7. The molecule has 0 bridgehead atoms. The van der Waals surface area contributed by atoms with Gasteiger partial charge in [0.15, 0.2) is 5.12 Å². The fourth-order valence-corrected chi connectivity index (χ4v) is 3.49. The summed E-state index contributed by atoms with van der Waals surface area (Å²) in [5.41, 5.74) is 5.09. The van der Waals surface area contributed by atoms with Gasteiger partial charge in [-0.05, 0) is 6.42 Å². The Labute approximate surface area is 259 Å². The first kappa shape index (κ1) is 40.6. The van der Waals surface area contributed by atoms with Crippen molar-refractivity contribution < 1.29 is 57.6 Å². The minimum Gasteiger partial charge on any atom is -0.480 e. The average Bonchev–Trinajstić information content (AvgIpc) is 3.01. The molecule has 44 heavy (non-hydrogen) atoms. The van der Waals surface area contributed by atoms with E-state index in [9.17, 15) is 38.7 Å². The van der Waals surface area contributed by atoms with Crippen LogP contribution >= 0.6 is 11.8 Å². The quantitative estimate of drug-likeness (QED) is 0.0419. The van der Waals surface area contributed by atoms with Crippen LogP contribution < -0.4 is 32.3 Å². The standard InChI is InChI=1S/C25H44N6O12S/c1-27-23(36)17-44-24(37)4-6-40-8-10-42-12-13-43-11-9-41-7-5-28-19(32)3-2-18(25(38)39)31-22(35)16-30-21(34)15-29-20(33)14-26/h18H,2-17,26H2,1H3,(H,27,36)(H,28,32)(H,29,33)(H,30,34)(H,31,35)(H,38,39)/t18-/m0/s1. The number of ether oxygens (including phenoxy) is 4. The summed E-state index contributed by atoms with van der Waals surface area (Å²) in [5.74, 6) is -3.86. The highest BCUT2D eigenvalue weighted by Crippen LogP contribution is 2.04. The Bertz CT molecular complexity index is 911. The summed E-state index contributed by atoms with van der Waals surface area (Å²) in [6.45, 7) is 1.42. The van der Waals surface area contributed by atoms with Gasteiger partial charge >= 0.3 is 5.97 Å². The molecule has 0 spiro atoms. The third-order valence-electron chi connectivity index (χ3n) is 5.15. The van der Waals surface area contributed by atoms with Crippen LogP contribution in [0.4, 0.5) is 0 Å². The van der Waals surface area contributed by atoms with E-state index in [1.807, 2.05) is 0 Å². The summed E-state index contributed by atoms with van der Waals surface area (Å²) in [4.78, 5) is 80.5. The van der Waals surface area contributed by atoms with E-state index in [0.717, 1.165) is 11.8 Å². The van der Waals surface area contributed by atoms with E-state index >= 15 is 0 Å². The monoisotopic (exact) mass is 652 g/mol. The van der Waals surface area contributed by atoms with Gasteiger partial charge in [-0.3, -0.25) is 28.8 Å². The predicted octanol–water partition coefficient (Wildman–Crippen LogP) is -3.89. The summed E-state index contributed by atoms with van der Waals surface area (Å²) in [6, 6.07) is -1.34. The van der Waals surface area contributed by atoms with Crippen LogP contribution in [0.25, 0.3) is 0 Å². The molecule has 0 radical (unpaired) electrons. The molecule has 0 saturated carbocycles. The number of carbonyl (C=O) groups excluding carboxylic acids is 6. The molecule has 0 fully saturated rings. The lowest BCUT2D eigenvalue weighted by Gasteiger charge is -2.15. The molecule has 0 aliphatic rings. The minimum absolute atomic E-state index is 0.0924. The lowest BCUT2D eigenvalue weighted by molar-refractivity contribution is -0.142. The normalized spacial score (nSPS) is 11.2. The highest BCUT2D eigenvalue weighted by molar-refractivity contribution is 8.14.